The number of aromatic nitrogens is 3. The van der Waals surface area contributed by atoms with E-state index in [9.17, 15) is 4.79 Å². The minimum atomic E-state index is -0.689. The predicted molar refractivity (Wildman–Crippen MR) is 58.2 cm³/mol. The summed E-state index contributed by atoms with van der Waals surface area (Å²) >= 11 is 0. The number of carboxylic acid groups (broad SMARTS) is 1. The Labute approximate surface area is 94.3 Å². The SMILES string of the molecule is CC(C)c1n[nH]c(C2CCC(C(=O)O)C2)n1. The third-order valence-corrected chi connectivity index (χ3v) is 3.20. The van der Waals surface area contributed by atoms with Gasteiger partial charge in [-0.3, -0.25) is 9.89 Å². The van der Waals surface area contributed by atoms with Crippen LogP contribution in [-0.4, -0.2) is 26.3 Å². The van der Waals surface area contributed by atoms with Gasteiger partial charge in [0.05, 0.1) is 5.92 Å². The predicted octanol–water partition coefficient (Wildman–Crippen LogP) is 1.90. The van der Waals surface area contributed by atoms with Gasteiger partial charge in [0.2, 0.25) is 0 Å². The number of nitrogens with zero attached hydrogens (tertiary/aromatic N) is 2. The van der Waals surface area contributed by atoms with Gasteiger partial charge < -0.3 is 5.11 Å². The lowest BCUT2D eigenvalue weighted by Gasteiger charge is -2.04. The average molecular weight is 223 g/mol. The summed E-state index contributed by atoms with van der Waals surface area (Å²) in [5, 5.41) is 16.0. The lowest BCUT2D eigenvalue weighted by molar-refractivity contribution is -0.141. The van der Waals surface area contributed by atoms with Gasteiger partial charge in [-0.1, -0.05) is 13.8 Å². The van der Waals surface area contributed by atoms with E-state index in [0.29, 0.717) is 12.3 Å². The van der Waals surface area contributed by atoms with Crippen molar-refractivity contribution in [2.24, 2.45) is 5.92 Å². The third kappa shape index (κ3) is 2.08. The quantitative estimate of drug-likeness (QED) is 0.820. The van der Waals surface area contributed by atoms with Crippen molar-refractivity contribution in [3.05, 3.63) is 11.6 Å². The van der Waals surface area contributed by atoms with Crippen LogP contribution >= 0.6 is 0 Å². The Morgan fingerprint density at radius 1 is 1.50 bits per heavy atom. The molecule has 1 aromatic rings. The largest absolute Gasteiger partial charge is 0.481 e. The molecule has 1 fully saturated rings. The molecule has 1 aliphatic rings. The fourth-order valence-corrected chi connectivity index (χ4v) is 2.18. The lowest BCUT2D eigenvalue weighted by atomic mass is 10.0. The van der Waals surface area contributed by atoms with Crippen molar-refractivity contribution in [1.82, 2.24) is 15.2 Å². The Balaban J connectivity index is 2.06. The first-order valence-corrected chi connectivity index (χ1v) is 5.73. The second-order valence-electron chi connectivity index (χ2n) is 4.78. The molecular weight excluding hydrogens is 206 g/mol. The molecule has 1 aromatic heterocycles. The van der Waals surface area contributed by atoms with E-state index in [0.717, 1.165) is 24.5 Å². The minimum Gasteiger partial charge on any atom is -0.481 e. The molecule has 2 N–H and O–H groups in total. The first-order chi connectivity index (χ1) is 7.58. The summed E-state index contributed by atoms with van der Waals surface area (Å²) in [4.78, 5) is 15.3. The van der Waals surface area contributed by atoms with Crippen molar-refractivity contribution in [3.8, 4) is 0 Å². The van der Waals surface area contributed by atoms with Crippen LogP contribution in [0, 0.1) is 5.92 Å². The van der Waals surface area contributed by atoms with Crippen molar-refractivity contribution in [2.75, 3.05) is 0 Å². The molecule has 5 nitrogen and oxygen atoms in total. The van der Waals surface area contributed by atoms with Crippen molar-refractivity contribution in [1.29, 1.82) is 0 Å². The second-order valence-corrected chi connectivity index (χ2v) is 4.78. The van der Waals surface area contributed by atoms with Crippen molar-refractivity contribution in [2.45, 2.75) is 44.9 Å². The normalized spacial score (nSPS) is 25.2. The molecule has 1 heterocycles. The smallest absolute Gasteiger partial charge is 0.306 e. The van der Waals surface area contributed by atoms with E-state index in [1.807, 2.05) is 13.8 Å². The van der Waals surface area contributed by atoms with Crippen molar-refractivity contribution >= 4 is 5.97 Å². The Bertz CT molecular complexity index is 386. The van der Waals surface area contributed by atoms with E-state index in [1.54, 1.807) is 0 Å². The molecule has 5 heteroatoms. The number of H-pyrrole nitrogens is 1. The van der Waals surface area contributed by atoms with Crippen LogP contribution in [0.25, 0.3) is 0 Å². The van der Waals surface area contributed by atoms with E-state index in [-0.39, 0.29) is 11.8 Å². The Morgan fingerprint density at radius 2 is 2.25 bits per heavy atom. The molecule has 88 valence electrons. The number of carbonyl (C=O) groups is 1. The number of carboxylic acids is 1. The summed E-state index contributed by atoms with van der Waals surface area (Å²) in [6, 6.07) is 0. The fourth-order valence-electron chi connectivity index (χ4n) is 2.18. The highest BCUT2D eigenvalue weighted by Gasteiger charge is 2.32. The van der Waals surface area contributed by atoms with E-state index in [2.05, 4.69) is 15.2 Å². The summed E-state index contributed by atoms with van der Waals surface area (Å²) in [5.74, 6) is 1.31. The van der Waals surface area contributed by atoms with Crippen LogP contribution < -0.4 is 0 Å². The van der Waals surface area contributed by atoms with Gasteiger partial charge >= 0.3 is 5.97 Å². The molecule has 0 aliphatic heterocycles. The van der Waals surface area contributed by atoms with Crippen LogP contribution in [0.3, 0.4) is 0 Å². The molecule has 16 heavy (non-hydrogen) atoms. The van der Waals surface area contributed by atoms with Gasteiger partial charge in [0.1, 0.15) is 5.82 Å². The highest BCUT2D eigenvalue weighted by Crippen LogP contribution is 2.36. The van der Waals surface area contributed by atoms with Crippen molar-refractivity contribution in [3.63, 3.8) is 0 Å². The first-order valence-electron chi connectivity index (χ1n) is 5.73. The Morgan fingerprint density at radius 3 is 2.75 bits per heavy atom. The molecule has 1 aliphatic carbocycles. The average Bonchev–Trinajstić information content (AvgIpc) is 2.86. The zero-order chi connectivity index (χ0) is 11.7. The molecule has 1 saturated carbocycles. The lowest BCUT2D eigenvalue weighted by Crippen LogP contribution is -2.09. The van der Waals surface area contributed by atoms with Gasteiger partial charge in [-0.2, -0.15) is 5.10 Å². The number of hydrogen-bond donors (Lipinski definition) is 2. The minimum absolute atomic E-state index is 0.211. The Hall–Kier alpha value is -1.39. The molecule has 0 spiro atoms. The summed E-state index contributed by atoms with van der Waals surface area (Å²) in [7, 11) is 0. The standard InChI is InChI=1S/C11H17N3O2/c1-6(2)9-12-10(14-13-9)7-3-4-8(5-7)11(15)16/h6-8H,3-5H2,1-2H3,(H,15,16)(H,12,13,14). The van der Waals surface area contributed by atoms with Crippen LogP contribution in [0.4, 0.5) is 0 Å². The Kier molecular flexibility index (Phi) is 2.94. The fraction of sp³-hybridized carbons (Fsp3) is 0.727. The molecule has 0 amide bonds. The maximum absolute atomic E-state index is 10.8. The zero-order valence-electron chi connectivity index (χ0n) is 9.60. The number of aliphatic carboxylic acids is 1. The van der Waals surface area contributed by atoms with Gasteiger partial charge in [-0.15, -0.1) is 0 Å². The number of hydrogen-bond acceptors (Lipinski definition) is 3. The maximum atomic E-state index is 10.8. The van der Waals surface area contributed by atoms with Crippen LogP contribution in [-0.2, 0) is 4.79 Å². The number of rotatable bonds is 3. The molecule has 2 rings (SSSR count). The van der Waals surface area contributed by atoms with E-state index < -0.39 is 5.97 Å². The van der Waals surface area contributed by atoms with E-state index in [1.165, 1.54) is 0 Å². The highest BCUT2D eigenvalue weighted by atomic mass is 16.4. The molecule has 0 saturated heterocycles. The summed E-state index contributed by atoms with van der Waals surface area (Å²) < 4.78 is 0. The molecule has 2 unspecified atom stereocenters. The van der Waals surface area contributed by atoms with Gasteiger partial charge in [-0.25, -0.2) is 4.98 Å². The highest BCUT2D eigenvalue weighted by molar-refractivity contribution is 5.70. The van der Waals surface area contributed by atoms with Crippen LogP contribution in [0.1, 0.15) is 56.6 Å². The maximum Gasteiger partial charge on any atom is 0.306 e. The second kappa shape index (κ2) is 4.23. The van der Waals surface area contributed by atoms with Gasteiger partial charge in [0.15, 0.2) is 5.82 Å². The molecule has 0 bridgehead atoms. The monoisotopic (exact) mass is 223 g/mol. The number of nitrogens with one attached hydrogen (secondary N) is 1. The summed E-state index contributed by atoms with van der Waals surface area (Å²) in [5.41, 5.74) is 0. The topological polar surface area (TPSA) is 78.9 Å². The first kappa shape index (κ1) is 11.1. The summed E-state index contributed by atoms with van der Waals surface area (Å²) in [6.45, 7) is 4.09. The van der Waals surface area contributed by atoms with Gasteiger partial charge in [0.25, 0.3) is 0 Å². The van der Waals surface area contributed by atoms with Crippen LogP contribution in [0.15, 0.2) is 0 Å². The van der Waals surface area contributed by atoms with Crippen LogP contribution in [0.5, 0.6) is 0 Å². The third-order valence-electron chi connectivity index (χ3n) is 3.20. The molecule has 0 radical (unpaired) electrons. The van der Waals surface area contributed by atoms with E-state index >= 15 is 0 Å². The molecule has 0 aromatic carbocycles. The molecule has 2 atom stereocenters. The van der Waals surface area contributed by atoms with Crippen LogP contribution in [0.2, 0.25) is 0 Å². The van der Waals surface area contributed by atoms with Gasteiger partial charge in [-0.05, 0) is 19.3 Å². The molecular formula is C11H17N3O2. The zero-order valence-corrected chi connectivity index (χ0v) is 9.60. The number of aromatic amines is 1. The van der Waals surface area contributed by atoms with E-state index in [4.69, 9.17) is 5.11 Å². The van der Waals surface area contributed by atoms with Crippen molar-refractivity contribution < 1.29 is 9.90 Å². The van der Waals surface area contributed by atoms with Gasteiger partial charge in [0, 0.05) is 11.8 Å². The summed E-state index contributed by atoms with van der Waals surface area (Å²) in [6.07, 6.45) is 2.32.